The van der Waals surface area contributed by atoms with Crippen LogP contribution in [0.25, 0.3) is 33.5 Å². The first-order valence-corrected chi connectivity index (χ1v) is 12.9. The standard InChI is InChI=1S/C30H28F3N3O2/c1-38-25-11-8-21(9-12-25)20-2-4-22(5-3-20)28-34-26-13-10-24(30(31,32)33)16-27(26)36(28)18-19-14-15-35(17-19)29(37)23-6-7-23/h2-5,8-13,16,19,23H,6-7,14-15,17-18H2,1H3. The van der Waals surface area contributed by atoms with Gasteiger partial charge in [0.15, 0.2) is 0 Å². The lowest BCUT2D eigenvalue weighted by Crippen LogP contribution is -2.30. The minimum absolute atomic E-state index is 0.155. The molecule has 8 heteroatoms. The van der Waals surface area contributed by atoms with Gasteiger partial charge < -0.3 is 14.2 Å². The van der Waals surface area contributed by atoms with E-state index in [1.54, 1.807) is 7.11 Å². The number of likely N-dealkylation sites (tertiary alicyclic amines) is 1. The lowest BCUT2D eigenvalue weighted by atomic mass is 10.0. The SMILES string of the molecule is COc1ccc(-c2ccc(-c3nc4ccc(C(F)(F)F)cc4n3CC3CCN(C(=O)C4CC4)C3)cc2)cc1. The number of alkyl halides is 3. The number of nitrogens with zero attached hydrogens (tertiary/aromatic N) is 3. The molecule has 6 rings (SSSR count). The Morgan fingerprint density at radius 3 is 2.24 bits per heavy atom. The first kappa shape index (κ1) is 24.5. The van der Waals surface area contributed by atoms with Gasteiger partial charge in [0.2, 0.25) is 5.91 Å². The van der Waals surface area contributed by atoms with Crippen molar-refractivity contribution in [2.45, 2.75) is 32.0 Å². The third-order valence-electron chi connectivity index (χ3n) is 7.61. The van der Waals surface area contributed by atoms with Crippen molar-refractivity contribution >= 4 is 16.9 Å². The lowest BCUT2D eigenvalue weighted by molar-refractivity contribution is -0.137. The maximum atomic E-state index is 13.6. The smallest absolute Gasteiger partial charge is 0.416 e. The molecular formula is C30H28F3N3O2. The van der Waals surface area contributed by atoms with Crippen LogP contribution in [0.1, 0.15) is 24.8 Å². The highest BCUT2D eigenvalue weighted by atomic mass is 19.4. The molecule has 38 heavy (non-hydrogen) atoms. The molecule has 1 amide bonds. The van der Waals surface area contributed by atoms with Gasteiger partial charge in [0.25, 0.3) is 0 Å². The molecule has 4 aromatic rings. The van der Waals surface area contributed by atoms with Gasteiger partial charge in [0, 0.05) is 31.1 Å². The van der Waals surface area contributed by atoms with Gasteiger partial charge in [-0.3, -0.25) is 4.79 Å². The molecule has 1 saturated carbocycles. The Bertz CT molecular complexity index is 1470. The van der Waals surface area contributed by atoms with Crippen molar-refractivity contribution in [3.05, 3.63) is 72.3 Å². The Labute approximate surface area is 218 Å². The molecule has 2 fully saturated rings. The van der Waals surface area contributed by atoms with E-state index in [0.29, 0.717) is 36.5 Å². The number of imidazole rings is 1. The molecule has 5 nitrogen and oxygen atoms in total. The molecule has 1 aliphatic heterocycles. The number of hydrogen-bond donors (Lipinski definition) is 0. The third kappa shape index (κ3) is 4.75. The van der Waals surface area contributed by atoms with Crippen LogP contribution in [0.2, 0.25) is 0 Å². The van der Waals surface area contributed by atoms with E-state index in [2.05, 4.69) is 0 Å². The second-order valence-electron chi connectivity index (χ2n) is 10.3. The van der Waals surface area contributed by atoms with E-state index in [0.717, 1.165) is 47.8 Å². The van der Waals surface area contributed by atoms with Gasteiger partial charge in [0.1, 0.15) is 11.6 Å². The summed E-state index contributed by atoms with van der Waals surface area (Å²) in [5, 5.41) is 0. The fourth-order valence-electron chi connectivity index (χ4n) is 5.33. The summed E-state index contributed by atoms with van der Waals surface area (Å²) in [7, 11) is 1.63. The van der Waals surface area contributed by atoms with Crippen LogP contribution in [-0.4, -0.2) is 40.6 Å². The minimum atomic E-state index is -4.44. The number of carbonyl (C=O) groups excluding carboxylic acids is 1. The van der Waals surface area contributed by atoms with E-state index in [4.69, 9.17) is 9.72 Å². The lowest BCUT2D eigenvalue weighted by Gasteiger charge is -2.18. The van der Waals surface area contributed by atoms with E-state index in [9.17, 15) is 18.0 Å². The van der Waals surface area contributed by atoms with Gasteiger partial charge in [-0.05, 0) is 66.6 Å². The molecule has 1 atom stereocenters. The molecule has 1 unspecified atom stereocenters. The van der Waals surface area contributed by atoms with E-state index >= 15 is 0 Å². The average Bonchev–Trinajstić information content (AvgIpc) is 3.57. The third-order valence-corrected chi connectivity index (χ3v) is 7.61. The van der Waals surface area contributed by atoms with Gasteiger partial charge in [-0.15, -0.1) is 0 Å². The quantitative estimate of drug-likeness (QED) is 0.286. The number of amides is 1. The van der Waals surface area contributed by atoms with Crippen molar-refractivity contribution in [3.63, 3.8) is 0 Å². The van der Waals surface area contributed by atoms with E-state index in [1.807, 2.05) is 58.0 Å². The van der Waals surface area contributed by atoms with Crippen LogP contribution in [0, 0.1) is 11.8 Å². The summed E-state index contributed by atoms with van der Waals surface area (Å²) >= 11 is 0. The van der Waals surface area contributed by atoms with Crippen LogP contribution in [0.4, 0.5) is 13.2 Å². The topological polar surface area (TPSA) is 47.4 Å². The molecule has 3 aromatic carbocycles. The second-order valence-corrected chi connectivity index (χ2v) is 10.3. The van der Waals surface area contributed by atoms with Gasteiger partial charge >= 0.3 is 6.18 Å². The normalized spacial score (nSPS) is 17.8. The van der Waals surface area contributed by atoms with Crippen molar-refractivity contribution in [2.24, 2.45) is 11.8 Å². The van der Waals surface area contributed by atoms with Crippen LogP contribution in [-0.2, 0) is 17.5 Å². The van der Waals surface area contributed by atoms with Crippen molar-refractivity contribution in [1.29, 1.82) is 0 Å². The van der Waals surface area contributed by atoms with Gasteiger partial charge in [-0.25, -0.2) is 4.98 Å². The van der Waals surface area contributed by atoms with Gasteiger partial charge in [-0.2, -0.15) is 13.2 Å². The molecule has 196 valence electrons. The van der Waals surface area contributed by atoms with Gasteiger partial charge in [0.05, 0.1) is 23.7 Å². The Kier molecular flexibility index (Phi) is 6.13. The number of aromatic nitrogens is 2. The number of halogens is 3. The molecule has 0 spiro atoms. The second kappa shape index (κ2) is 9.49. The maximum absolute atomic E-state index is 13.6. The molecule has 0 N–H and O–H groups in total. The van der Waals surface area contributed by atoms with Crippen LogP contribution in [0.3, 0.4) is 0 Å². The summed E-state index contributed by atoms with van der Waals surface area (Å²) in [5.41, 5.74) is 3.17. The fourth-order valence-corrected chi connectivity index (χ4v) is 5.33. The first-order valence-electron chi connectivity index (χ1n) is 12.9. The maximum Gasteiger partial charge on any atom is 0.416 e. The highest BCUT2D eigenvalue weighted by Gasteiger charge is 2.37. The number of rotatable bonds is 6. The zero-order valence-corrected chi connectivity index (χ0v) is 21.0. The van der Waals surface area contributed by atoms with Crippen molar-refractivity contribution < 1.29 is 22.7 Å². The van der Waals surface area contributed by atoms with Crippen LogP contribution in [0.15, 0.2) is 66.7 Å². The molecule has 0 bridgehead atoms. The predicted octanol–water partition coefficient (Wildman–Crippen LogP) is 6.66. The molecule has 2 aliphatic rings. The monoisotopic (exact) mass is 519 g/mol. The Balaban J connectivity index is 1.34. The first-order chi connectivity index (χ1) is 18.3. The molecule has 1 aliphatic carbocycles. The minimum Gasteiger partial charge on any atom is -0.497 e. The summed E-state index contributed by atoms with van der Waals surface area (Å²) in [6, 6.07) is 19.4. The van der Waals surface area contributed by atoms with Crippen molar-refractivity contribution in [3.8, 4) is 28.3 Å². The summed E-state index contributed by atoms with van der Waals surface area (Å²) in [4.78, 5) is 19.3. The van der Waals surface area contributed by atoms with E-state index in [1.165, 1.54) is 12.1 Å². The molecular weight excluding hydrogens is 491 g/mol. The fraction of sp³-hybridized carbons (Fsp3) is 0.333. The van der Waals surface area contributed by atoms with Crippen LogP contribution >= 0.6 is 0 Å². The summed E-state index contributed by atoms with van der Waals surface area (Å²) in [5.74, 6) is 1.95. The Morgan fingerprint density at radius 1 is 0.947 bits per heavy atom. The Morgan fingerprint density at radius 2 is 1.61 bits per heavy atom. The Hall–Kier alpha value is -3.81. The van der Waals surface area contributed by atoms with Crippen molar-refractivity contribution in [1.82, 2.24) is 14.5 Å². The number of carbonyl (C=O) groups is 1. The van der Waals surface area contributed by atoms with Crippen LogP contribution in [0.5, 0.6) is 5.75 Å². The number of hydrogen-bond acceptors (Lipinski definition) is 3. The van der Waals surface area contributed by atoms with E-state index < -0.39 is 11.7 Å². The van der Waals surface area contributed by atoms with Crippen LogP contribution < -0.4 is 4.74 Å². The van der Waals surface area contributed by atoms with E-state index in [-0.39, 0.29) is 17.7 Å². The van der Waals surface area contributed by atoms with Crippen molar-refractivity contribution in [2.75, 3.05) is 20.2 Å². The zero-order chi connectivity index (χ0) is 26.4. The highest BCUT2D eigenvalue weighted by Crippen LogP contribution is 2.36. The average molecular weight is 520 g/mol. The summed E-state index contributed by atoms with van der Waals surface area (Å²) < 4.78 is 47.9. The molecule has 1 aromatic heterocycles. The predicted molar refractivity (Wildman–Crippen MR) is 140 cm³/mol. The molecule has 0 radical (unpaired) electrons. The number of methoxy groups -OCH3 is 1. The van der Waals surface area contributed by atoms with Gasteiger partial charge in [-0.1, -0.05) is 36.4 Å². The number of benzene rings is 3. The molecule has 1 saturated heterocycles. The summed E-state index contributed by atoms with van der Waals surface area (Å²) in [6.07, 6.45) is -1.69. The number of fused-ring (bicyclic) bond motifs is 1. The molecule has 2 heterocycles. The largest absolute Gasteiger partial charge is 0.497 e. The summed E-state index contributed by atoms with van der Waals surface area (Å²) in [6.45, 7) is 1.83. The zero-order valence-electron chi connectivity index (χ0n) is 21.0. The highest BCUT2D eigenvalue weighted by molar-refractivity contribution is 5.82. The number of ether oxygens (including phenoxy) is 1.